The number of aryl methyl sites for hydroxylation is 1. The number of hydrogen-bond acceptors (Lipinski definition) is 4. The second-order valence-electron chi connectivity index (χ2n) is 9.53. The predicted molar refractivity (Wildman–Crippen MR) is 139 cm³/mol. The molecule has 2 aliphatic rings. The Labute approximate surface area is 214 Å². The van der Waals surface area contributed by atoms with Crippen molar-refractivity contribution in [1.29, 1.82) is 0 Å². The van der Waals surface area contributed by atoms with E-state index in [4.69, 9.17) is 16.3 Å². The van der Waals surface area contributed by atoms with Gasteiger partial charge in [-0.25, -0.2) is 0 Å². The van der Waals surface area contributed by atoms with Crippen LogP contribution in [0.5, 0.6) is 5.75 Å². The Hall–Kier alpha value is -3.58. The summed E-state index contributed by atoms with van der Waals surface area (Å²) in [5, 5.41) is 3.44. The summed E-state index contributed by atoms with van der Waals surface area (Å²) in [6.45, 7) is 2.78. The van der Waals surface area contributed by atoms with Gasteiger partial charge in [-0.2, -0.15) is 0 Å². The lowest BCUT2D eigenvalue weighted by atomic mass is 9.93. The Morgan fingerprint density at radius 1 is 1.06 bits per heavy atom. The number of benzene rings is 2. The molecular weight excluding hydrogens is 478 g/mol. The minimum absolute atomic E-state index is 0.173. The highest BCUT2D eigenvalue weighted by Gasteiger charge is 2.44. The van der Waals surface area contributed by atoms with Crippen molar-refractivity contribution >= 4 is 29.1 Å². The van der Waals surface area contributed by atoms with Crippen molar-refractivity contribution in [2.24, 2.45) is 5.92 Å². The maximum absolute atomic E-state index is 13.8. The van der Waals surface area contributed by atoms with Crippen LogP contribution in [-0.2, 0) is 11.3 Å². The van der Waals surface area contributed by atoms with E-state index in [9.17, 15) is 14.4 Å². The van der Waals surface area contributed by atoms with Gasteiger partial charge in [-0.3, -0.25) is 14.4 Å². The van der Waals surface area contributed by atoms with E-state index in [0.717, 1.165) is 24.0 Å². The van der Waals surface area contributed by atoms with Crippen molar-refractivity contribution in [3.63, 3.8) is 0 Å². The molecule has 1 aromatic heterocycles. The molecule has 0 unspecified atom stereocenters. The third-order valence-electron chi connectivity index (χ3n) is 7.01. The molecule has 1 aliphatic carbocycles. The molecule has 0 radical (unpaired) electrons. The summed E-state index contributed by atoms with van der Waals surface area (Å²) in [4.78, 5) is 41.9. The minimum atomic E-state index is -0.836. The highest BCUT2D eigenvalue weighted by atomic mass is 35.5. The van der Waals surface area contributed by atoms with Gasteiger partial charge in [-0.05, 0) is 79.3 Å². The third-order valence-corrected chi connectivity index (χ3v) is 7.27. The molecule has 1 N–H and O–H groups in total. The molecule has 8 heteroatoms. The Bertz CT molecular complexity index is 1350. The molecule has 1 saturated carbocycles. The summed E-state index contributed by atoms with van der Waals surface area (Å²) < 4.78 is 6.99. The minimum Gasteiger partial charge on any atom is -0.497 e. The Morgan fingerprint density at radius 2 is 1.75 bits per heavy atom. The fourth-order valence-electron chi connectivity index (χ4n) is 4.77. The summed E-state index contributed by atoms with van der Waals surface area (Å²) in [5.41, 5.74) is 2.22. The van der Waals surface area contributed by atoms with Crippen LogP contribution in [0.1, 0.15) is 40.2 Å². The lowest BCUT2D eigenvalue weighted by Crippen LogP contribution is -2.44. The summed E-state index contributed by atoms with van der Waals surface area (Å²) in [6.07, 6.45) is 4.05. The maximum atomic E-state index is 13.8. The number of amides is 2. The van der Waals surface area contributed by atoms with Gasteiger partial charge in [-0.15, -0.1) is 0 Å². The average Bonchev–Trinajstić information content (AvgIpc) is 3.65. The zero-order chi connectivity index (χ0) is 25.4. The van der Waals surface area contributed by atoms with Crippen LogP contribution in [-0.4, -0.2) is 36.1 Å². The van der Waals surface area contributed by atoms with Gasteiger partial charge in [0.2, 0.25) is 5.91 Å². The van der Waals surface area contributed by atoms with Crippen molar-refractivity contribution in [3.05, 3.63) is 92.9 Å². The summed E-state index contributed by atoms with van der Waals surface area (Å²) in [6, 6.07) is 15.0. The van der Waals surface area contributed by atoms with Crippen LogP contribution >= 0.6 is 11.6 Å². The van der Waals surface area contributed by atoms with E-state index in [1.54, 1.807) is 47.0 Å². The number of aromatic nitrogens is 1. The molecule has 2 atom stereocenters. The summed E-state index contributed by atoms with van der Waals surface area (Å²) in [7, 11) is 1.59. The van der Waals surface area contributed by atoms with Crippen LogP contribution in [0.2, 0.25) is 5.02 Å². The van der Waals surface area contributed by atoms with Crippen LogP contribution in [0.15, 0.2) is 65.6 Å². The Morgan fingerprint density at radius 3 is 2.39 bits per heavy atom. The smallest absolute Gasteiger partial charge is 0.274 e. The molecule has 0 spiro atoms. The van der Waals surface area contributed by atoms with E-state index in [-0.39, 0.29) is 29.8 Å². The van der Waals surface area contributed by atoms with Crippen LogP contribution in [0, 0.1) is 12.8 Å². The number of rotatable bonds is 7. The number of ether oxygens (including phenoxy) is 1. The van der Waals surface area contributed by atoms with Gasteiger partial charge in [0.05, 0.1) is 7.11 Å². The van der Waals surface area contributed by atoms with E-state index in [0.29, 0.717) is 34.5 Å². The number of hydrogen-bond donors (Lipinski definition) is 1. The summed E-state index contributed by atoms with van der Waals surface area (Å²) in [5.74, 6) is 0.189. The molecule has 1 aliphatic heterocycles. The number of carbonyl (C=O) groups is 2. The largest absolute Gasteiger partial charge is 0.497 e. The monoisotopic (exact) mass is 505 g/mol. The molecule has 186 valence electrons. The fraction of sp³-hybridized carbons (Fsp3) is 0.321. The lowest BCUT2D eigenvalue weighted by molar-refractivity contribution is -0.118. The maximum Gasteiger partial charge on any atom is 0.274 e. The molecule has 3 aromatic rings. The lowest BCUT2D eigenvalue weighted by Gasteiger charge is -2.20. The van der Waals surface area contributed by atoms with Gasteiger partial charge < -0.3 is 19.5 Å². The molecule has 2 aromatic carbocycles. The zero-order valence-corrected chi connectivity index (χ0v) is 21.0. The number of anilines is 1. The number of carbonyl (C=O) groups excluding carboxylic acids is 2. The van der Waals surface area contributed by atoms with E-state index >= 15 is 0 Å². The molecule has 2 amide bonds. The molecule has 7 nitrogen and oxygen atoms in total. The normalized spacial score (nSPS) is 19.4. The first-order valence-corrected chi connectivity index (χ1v) is 12.5. The number of pyridine rings is 1. The molecule has 36 heavy (non-hydrogen) atoms. The van der Waals surface area contributed by atoms with E-state index in [1.165, 1.54) is 0 Å². The Kier molecular flexibility index (Phi) is 6.58. The number of nitrogens with one attached hydrogen (secondary N) is 1. The third kappa shape index (κ3) is 4.75. The fourth-order valence-corrected chi connectivity index (χ4v) is 4.90. The van der Waals surface area contributed by atoms with Gasteiger partial charge in [0, 0.05) is 35.8 Å². The van der Waals surface area contributed by atoms with Crippen LogP contribution in [0.4, 0.5) is 5.69 Å². The van der Waals surface area contributed by atoms with Gasteiger partial charge >= 0.3 is 0 Å². The highest BCUT2D eigenvalue weighted by molar-refractivity contribution is 6.30. The van der Waals surface area contributed by atoms with Crippen LogP contribution in [0.25, 0.3) is 0 Å². The SMILES string of the molecule is COc1ccc([C@@H]2CN(c3c(C)ccn(CC4CC4)c3=O)C(=O)[C@H]2NC(=O)c2ccc(Cl)cc2)cc1. The average molecular weight is 506 g/mol. The molecular formula is C28H28ClN3O4. The van der Waals surface area contributed by atoms with Crippen LogP contribution in [0.3, 0.4) is 0 Å². The summed E-state index contributed by atoms with van der Waals surface area (Å²) >= 11 is 5.97. The first kappa shape index (κ1) is 24.1. The second kappa shape index (κ2) is 9.82. The standard InChI is InChI=1S/C28H28ClN3O4/c1-17-13-14-31(15-18-3-4-18)28(35)25(17)32-16-23(19-7-11-22(36-2)12-8-19)24(27(32)34)30-26(33)20-5-9-21(29)10-6-20/h5-14,18,23-24H,3-4,15-16H2,1-2H3,(H,30,33)/t23-,24-/m0/s1. The van der Waals surface area contributed by atoms with Gasteiger partial charge in [0.1, 0.15) is 17.5 Å². The topological polar surface area (TPSA) is 80.6 Å². The van der Waals surface area contributed by atoms with Crippen molar-refractivity contribution < 1.29 is 14.3 Å². The molecule has 5 rings (SSSR count). The zero-order valence-electron chi connectivity index (χ0n) is 20.2. The molecule has 1 saturated heterocycles. The van der Waals surface area contributed by atoms with Crippen LogP contribution < -0.4 is 20.5 Å². The van der Waals surface area contributed by atoms with E-state index < -0.39 is 6.04 Å². The van der Waals surface area contributed by atoms with E-state index in [1.807, 2.05) is 37.3 Å². The molecule has 0 bridgehead atoms. The first-order valence-electron chi connectivity index (χ1n) is 12.1. The number of nitrogens with zero attached hydrogens (tertiary/aromatic N) is 2. The second-order valence-corrected chi connectivity index (χ2v) is 9.97. The van der Waals surface area contributed by atoms with Crippen molar-refractivity contribution in [1.82, 2.24) is 9.88 Å². The van der Waals surface area contributed by atoms with Crippen molar-refractivity contribution in [2.45, 2.75) is 38.3 Å². The van der Waals surface area contributed by atoms with Gasteiger partial charge in [0.15, 0.2) is 0 Å². The molecule has 2 fully saturated rings. The molecule has 2 heterocycles. The first-order chi connectivity index (χ1) is 17.4. The number of methoxy groups -OCH3 is 1. The highest BCUT2D eigenvalue weighted by Crippen LogP contribution is 2.34. The van der Waals surface area contributed by atoms with E-state index in [2.05, 4.69) is 5.32 Å². The Balaban J connectivity index is 1.50. The van der Waals surface area contributed by atoms with Gasteiger partial charge in [0.25, 0.3) is 11.5 Å². The van der Waals surface area contributed by atoms with Gasteiger partial charge in [-0.1, -0.05) is 23.7 Å². The number of halogens is 1. The van der Waals surface area contributed by atoms with Crippen molar-refractivity contribution in [3.8, 4) is 5.75 Å². The van der Waals surface area contributed by atoms with Crippen molar-refractivity contribution in [2.75, 3.05) is 18.6 Å². The quantitative estimate of drug-likeness (QED) is 0.523. The predicted octanol–water partition coefficient (Wildman–Crippen LogP) is 4.16.